The maximum atomic E-state index is 15.4. The third kappa shape index (κ3) is 4.28. The van der Waals surface area contributed by atoms with Crippen molar-refractivity contribution in [3.63, 3.8) is 0 Å². The predicted molar refractivity (Wildman–Crippen MR) is 147 cm³/mol. The molecule has 0 bridgehead atoms. The number of nitrogens with one attached hydrogen (secondary N) is 1. The number of nitrogens with zero attached hydrogens (tertiary/aromatic N) is 2. The number of morpholine rings is 1. The first-order chi connectivity index (χ1) is 19.2. The van der Waals surface area contributed by atoms with Gasteiger partial charge in [-0.15, -0.1) is 0 Å². The lowest BCUT2D eigenvalue weighted by Gasteiger charge is -2.57. The quantitative estimate of drug-likeness (QED) is 0.130. The number of benzene rings is 2. The van der Waals surface area contributed by atoms with Crippen LogP contribution < -0.4 is 10.1 Å². The van der Waals surface area contributed by atoms with E-state index >= 15 is 4.39 Å². The van der Waals surface area contributed by atoms with Crippen LogP contribution in [-0.2, 0) is 33.4 Å². The molecule has 12 nitrogen and oxygen atoms in total. The van der Waals surface area contributed by atoms with E-state index in [2.05, 4.69) is 4.90 Å². The summed E-state index contributed by atoms with van der Waals surface area (Å²) in [6.07, 6.45) is 0. The van der Waals surface area contributed by atoms with Crippen LogP contribution in [0.25, 0.3) is 0 Å². The van der Waals surface area contributed by atoms with Crippen LogP contribution in [0.1, 0.15) is 27.0 Å². The van der Waals surface area contributed by atoms with Gasteiger partial charge in [-0.1, -0.05) is 24.3 Å². The van der Waals surface area contributed by atoms with E-state index in [0.29, 0.717) is 43.3 Å². The van der Waals surface area contributed by atoms with Crippen molar-refractivity contribution in [3.8, 4) is 5.75 Å². The van der Waals surface area contributed by atoms with Crippen molar-refractivity contribution < 1.29 is 48.7 Å². The number of piperidine rings is 1. The number of halogens is 1. The molecule has 3 amide bonds. The Hall–Kier alpha value is -3.27. The van der Waals surface area contributed by atoms with Crippen molar-refractivity contribution in [1.82, 2.24) is 15.1 Å². The molecule has 0 spiro atoms. The van der Waals surface area contributed by atoms with Crippen molar-refractivity contribution in [2.24, 2.45) is 0 Å². The van der Waals surface area contributed by atoms with Crippen LogP contribution in [0, 0.1) is 5.82 Å². The maximum Gasteiger partial charge on any atom is 0.282 e. The third-order valence-corrected chi connectivity index (χ3v) is 8.60. The van der Waals surface area contributed by atoms with E-state index in [9.17, 15) is 34.8 Å². The fraction of sp³-hybridized carbons (Fsp3) is 0.400. The number of carbonyl (C=O) groups is 3. The van der Waals surface area contributed by atoms with Crippen molar-refractivity contribution in [2.45, 2.75) is 35.5 Å². The number of imide groups is 1. The van der Waals surface area contributed by atoms with Crippen molar-refractivity contribution in [2.75, 3.05) is 26.3 Å². The molecule has 2 fully saturated rings. The van der Waals surface area contributed by atoms with Gasteiger partial charge < -0.3 is 29.9 Å². The summed E-state index contributed by atoms with van der Waals surface area (Å²) < 4.78 is 26.5. The van der Waals surface area contributed by atoms with Gasteiger partial charge in [0.2, 0.25) is 5.91 Å². The second-order valence-electron chi connectivity index (χ2n) is 11.0. The molecular formula is C25H29B3FN3O9. The Morgan fingerprint density at radius 2 is 1.59 bits per heavy atom. The normalized spacial score (nSPS) is 29.8. The number of amides is 3. The van der Waals surface area contributed by atoms with Gasteiger partial charge in [-0.25, -0.2) is 4.39 Å². The summed E-state index contributed by atoms with van der Waals surface area (Å²) in [5.74, 6) is -7.47. The lowest BCUT2D eigenvalue weighted by molar-refractivity contribution is -0.280. The average molecular weight is 567 g/mol. The fourth-order valence-electron chi connectivity index (χ4n) is 5.67. The first-order valence-corrected chi connectivity index (χ1v) is 13.1. The lowest BCUT2D eigenvalue weighted by Crippen LogP contribution is -2.87. The molecule has 5 rings (SSSR count). The van der Waals surface area contributed by atoms with Crippen LogP contribution in [0.4, 0.5) is 4.39 Å². The molecular weight excluding hydrogens is 538 g/mol. The van der Waals surface area contributed by atoms with Crippen LogP contribution in [0.3, 0.4) is 0 Å². The first kappa shape index (κ1) is 29.2. The molecule has 2 aromatic rings. The van der Waals surface area contributed by atoms with Crippen LogP contribution in [0.2, 0.25) is 0 Å². The molecule has 3 heterocycles. The van der Waals surface area contributed by atoms with E-state index in [4.69, 9.17) is 9.47 Å². The highest BCUT2D eigenvalue weighted by Gasteiger charge is 2.72. The Balaban J connectivity index is 1.46. The highest BCUT2D eigenvalue weighted by Crippen LogP contribution is 2.48. The summed E-state index contributed by atoms with van der Waals surface area (Å²) in [7, 11) is 2.89. The third-order valence-electron chi connectivity index (χ3n) is 8.60. The molecule has 3 atom stereocenters. The number of aliphatic hydroxyl groups is 4. The number of rotatable bonds is 6. The van der Waals surface area contributed by atoms with Crippen LogP contribution in [-0.4, -0.2) is 114 Å². The molecule has 3 aliphatic heterocycles. The minimum absolute atomic E-state index is 0.187. The minimum atomic E-state index is -3.24. The van der Waals surface area contributed by atoms with E-state index in [-0.39, 0.29) is 23.5 Å². The molecule has 0 radical (unpaired) electrons. The van der Waals surface area contributed by atoms with E-state index in [1.54, 1.807) is 12.1 Å². The van der Waals surface area contributed by atoms with Gasteiger partial charge in [-0.3, -0.25) is 29.5 Å². The SMILES string of the molecule is BC1(O)C(=O)NC(=O)C(B)(N2C(=O)c3cccc(OCc4cccc(CN5CCOCC5)c4F)c3C2(O)O)C1(B)O. The Morgan fingerprint density at radius 1 is 0.951 bits per heavy atom. The van der Waals surface area contributed by atoms with E-state index in [1.807, 2.05) is 5.32 Å². The van der Waals surface area contributed by atoms with Crippen LogP contribution in [0.15, 0.2) is 36.4 Å². The van der Waals surface area contributed by atoms with Crippen LogP contribution in [0.5, 0.6) is 5.75 Å². The van der Waals surface area contributed by atoms with E-state index in [0.717, 1.165) is 23.5 Å². The molecule has 0 aliphatic carbocycles. The Labute approximate surface area is 237 Å². The zero-order valence-electron chi connectivity index (χ0n) is 22.8. The number of hydrogen-bond acceptors (Lipinski definition) is 10. The van der Waals surface area contributed by atoms with Gasteiger partial charge in [0.05, 0.1) is 29.8 Å². The highest BCUT2D eigenvalue weighted by molar-refractivity contribution is 6.46. The number of ether oxygens (including phenoxy) is 2. The Bertz CT molecular complexity index is 1430. The standard InChI is InChI=1S/C25H29B3FN3O9/c26-22(20(34)30-21(35)23(27,36)25(22,28)39)32-19(33)15-5-2-6-16(17(15)24(32,37)38)41-12-14-4-1-3-13(18(14)29)11-31-7-9-40-10-8-31/h1-6,36-39H,7-12,26-28H2,(H,30,34,35). The molecule has 3 unspecified atom stereocenters. The monoisotopic (exact) mass is 567 g/mol. The molecule has 0 aromatic heterocycles. The zero-order chi connectivity index (χ0) is 30.0. The summed E-state index contributed by atoms with van der Waals surface area (Å²) in [5.41, 5.74) is -7.92. The van der Waals surface area contributed by atoms with Gasteiger partial charge in [-0.2, -0.15) is 0 Å². The Kier molecular flexibility index (Phi) is 7.08. The summed E-state index contributed by atoms with van der Waals surface area (Å²) in [4.78, 5) is 41.4. The van der Waals surface area contributed by atoms with Crippen molar-refractivity contribution in [1.29, 1.82) is 0 Å². The smallest absolute Gasteiger partial charge is 0.282 e. The van der Waals surface area contributed by atoms with Gasteiger partial charge >= 0.3 is 0 Å². The largest absolute Gasteiger partial charge is 0.488 e. The number of hydrogen-bond donors (Lipinski definition) is 5. The zero-order valence-corrected chi connectivity index (χ0v) is 22.8. The van der Waals surface area contributed by atoms with Gasteiger partial charge in [0, 0.05) is 30.8 Å². The van der Waals surface area contributed by atoms with Crippen molar-refractivity contribution >= 4 is 41.3 Å². The topological polar surface area (TPSA) is 169 Å². The molecule has 16 heteroatoms. The van der Waals surface area contributed by atoms with Gasteiger partial charge in [0.1, 0.15) is 37.0 Å². The minimum Gasteiger partial charge on any atom is -0.488 e. The Morgan fingerprint density at radius 3 is 2.27 bits per heavy atom. The molecule has 0 saturated carbocycles. The second-order valence-corrected chi connectivity index (χ2v) is 11.0. The van der Waals surface area contributed by atoms with Crippen LogP contribution >= 0.6 is 0 Å². The van der Waals surface area contributed by atoms with Crippen molar-refractivity contribution in [3.05, 3.63) is 64.5 Å². The molecule has 2 aromatic carbocycles. The lowest BCUT2D eigenvalue weighted by atomic mass is 9.43. The number of fused-ring (bicyclic) bond motifs is 1. The second kappa shape index (κ2) is 9.93. The summed E-state index contributed by atoms with van der Waals surface area (Å²) in [6.45, 7) is 2.51. The molecule has 5 N–H and O–H groups in total. The molecule has 214 valence electrons. The molecule has 3 aliphatic rings. The maximum absolute atomic E-state index is 15.4. The van der Waals surface area contributed by atoms with Gasteiger partial charge in [0.15, 0.2) is 15.7 Å². The molecule has 41 heavy (non-hydrogen) atoms. The summed E-state index contributed by atoms with van der Waals surface area (Å²) in [6, 6.07) is 8.87. The summed E-state index contributed by atoms with van der Waals surface area (Å²) >= 11 is 0. The van der Waals surface area contributed by atoms with E-state index in [1.165, 1.54) is 24.3 Å². The summed E-state index contributed by atoms with van der Waals surface area (Å²) in [5, 5.41) is 46.7. The van der Waals surface area contributed by atoms with E-state index < -0.39 is 51.5 Å². The number of carbonyl (C=O) groups excluding carboxylic acids is 3. The van der Waals surface area contributed by atoms with Gasteiger partial charge in [-0.05, 0) is 12.1 Å². The average Bonchev–Trinajstić information content (AvgIpc) is 3.13. The highest BCUT2D eigenvalue weighted by atomic mass is 19.1. The predicted octanol–water partition coefficient (Wildman–Crippen LogP) is -4.58. The molecule has 2 saturated heterocycles. The van der Waals surface area contributed by atoms with Gasteiger partial charge in [0.25, 0.3) is 17.7 Å². The fourth-order valence-corrected chi connectivity index (χ4v) is 5.67. The first-order valence-electron chi connectivity index (χ1n) is 13.1.